The van der Waals surface area contributed by atoms with Crippen LogP contribution in [0.15, 0.2) is 58.0 Å². The summed E-state index contributed by atoms with van der Waals surface area (Å²) in [6.45, 7) is 2.95. The molecule has 2 aromatic heterocycles. The summed E-state index contributed by atoms with van der Waals surface area (Å²) < 4.78 is 0. The number of para-hydroxylation sites is 1. The number of aromatic amines is 2. The second-order valence-electron chi connectivity index (χ2n) is 22.9. The standard InChI is InChI=1S/C58H93N23O14/c1-30(46(85)74-38(15-8-22-69-57(63)64)49(88)79-42(55(94)95)25-32-27-71-36-13-4-3-11-34(32)36)73-48(87)37(14-5-6-20-59)76-53(92)45(31(2)82)80-51(90)41(26-33-28-67-29-72-33)78-50(89)39(18-19-44(83)84)75-52(91)43-17-10-24-81(43)54(93)40(16-9-23-70-58(65)66)77-47(86)35(60)12-7-21-68-56(61)62/h3-4,11,13,27-31,35,37-43,45,71,82H,5-10,12,14-26,59-60H2,1-2H3,(H,67,72)(H,73,87)(H,74,85)(H,75,91)(H,76,92)(H,77,86)(H,78,89)(H,79,88)(H,80,90)(H,83,84)(H,94,95)(H4,61,62,68)(H4,63,64,69)(H4,65,66,70)/t30-,31+,35-,37-,38-,39-,40-,41-,42-,43-,45-/m0/s1. The molecule has 524 valence electrons. The number of carbonyl (C=O) groups excluding carboxylic acids is 9. The molecule has 3 aromatic rings. The van der Waals surface area contributed by atoms with Crippen molar-refractivity contribution >= 4 is 93.9 Å². The number of nitrogens with one attached hydrogen (secondary N) is 10. The predicted octanol–water partition coefficient (Wildman–Crippen LogP) is -6.49. The number of aliphatic imine (C=N–C) groups is 3. The molecule has 1 aliphatic rings. The zero-order valence-electron chi connectivity index (χ0n) is 53.2. The van der Waals surface area contributed by atoms with E-state index in [1.807, 2.05) is 0 Å². The number of likely N-dealkylation sites (tertiary alicyclic amines) is 1. The minimum atomic E-state index is -1.85. The molecule has 11 atom stereocenters. The molecular weight excluding hydrogens is 1240 g/mol. The van der Waals surface area contributed by atoms with Crippen LogP contribution in [-0.2, 0) is 65.6 Å². The van der Waals surface area contributed by atoms with E-state index in [9.17, 15) is 68.1 Å². The van der Waals surface area contributed by atoms with Gasteiger partial charge in [-0.1, -0.05) is 18.2 Å². The highest BCUT2D eigenvalue weighted by Crippen LogP contribution is 2.22. The van der Waals surface area contributed by atoms with Crippen LogP contribution in [0.25, 0.3) is 10.9 Å². The van der Waals surface area contributed by atoms with Gasteiger partial charge < -0.3 is 119 Å². The molecule has 0 saturated carbocycles. The first-order valence-electron chi connectivity index (χ1n) is 31.1. The Labute approximate surface area is 547 Å². The van der Waals surface area contributed by atoms with E-state index in [4.69, 9.17) is 45.9 Å². The molecule has 0 bridgehead atoms. The molecule has 0 unspecified atom stereocenters. The minimum absolute atomic E-state index is 0.00395. The monoisotopic (exact) mass is 1340 g/mol. The van der Waals surface area contributed by atoms with Crippen molar-refractivity contribution in [3.05, 3.63) is 54.2 Å². The number of nitrogens with zero attached hydrogens (tertiary/aromatic N) is 5. The van der Waals surface area contributed by atoms with Gasteiger partial charge in [0.25, 0.3) is 0 Å². The van der Waals surface area contributed by atoms with E-state index in [1.165, 1.54) is 24.3 Å². The molecule has 9 amide bonds. The van der Waals surface area contributed by atoms with Gasteiger partial charge in [0.05, 0.1) is 18.5 Å². The summed E-state index contributed by atoms with van der Waals surface area (Å²) in [5.74, 6) is -11.5. The van der Waals surface area contributed by atoms with Gasteiger partial charge in [-0.2, -0.15) is 0 Å². The Hall–Kier alpha value is -10.2. The fourth-order valence-corrected chi connectivity index (χ4v) is 10.2. The number of guanidine groups is 3. The number of aromatic nitrogens is 3. The number of aliphatic carboxylic acids is 2. The van der Waals surface area contributed by atoms with Gasteiger partial charge >= 0.3 is 11.9 Å². The molecule has 37 heteroatoms. The summed E-state index contributed by atoms with van der Waals surface area (Å²) in [5.41, 5.74) is 46.2. The van der Waals surface area contributed by atoms with Crippen LogP contribution in [-0.4, -0.2) is 217 Å². The van der Waals surface area contributed by atoms with Gasteiger partial charge in [0, 0.05) is 74.4 Å². The van der Waals surface area contributed by atoms with Gasteiger partial charge in [-0.15, -0.1) is 0 Å². The molecule has 1 fully saturated rings. The highest BCUT2D eigenvalue weighted by atomic mass is 16.4. The topological polar surface area (TPSA) is 638 Å². The summed E-state index contributed by atoms with van der Waals surface area (Å²) in [5, 5.41) is 51.9. The molecule has 95 heavy (non-hydrogen) atoms. The second-order valence-corrected chi connectivity index (χ2v) is 22.9. The minimum Gasteiger partial charge on any atom is -0.481 e. The van der Waals surface area contributed by atoms with E-state index in [0.29, 0.717) is 24.8 Å². The molecule has 1 saturated heterocycles. The van der Waals surface area contributed by atoms with Gasteiger partial charge in [-0.25, -0.2) is 9.78 Å². The number of aliphatic hydroxyl groups is 1. The molecule has 1 aromatic carbocycles. The van der Waals surface area contributed by atoms with E-state index in [1.54, 1.807) is 30.5 Å². The zero-order chi connectivity index (χ0) is 70.3. The number of carbonyl (C=O) groups is 11. The quantitative estimate of drug-likeness (QED) is 0.0142. The van der Waals surface area contributed by atoms with E-state index in [-0.39, 0.29) is 121 Å². The number of rotatable bonds is 42. The van der Waals surface area contributed by atoms with Crippen molar-refractivity contribution in [1.29, 1.82) is 0 Å². The third-order valence-corrected chi connectivity index (χ3v) is 15.3. The maximum Gasteiger partial charge on any atom is 0.326 e. The molecule has 4 rings (SSSR count). The molecule has 3 heterocycles. The molecule has 0 spiro atoms. The first-order valence-corrected chi connectivity index (χ1v) is 31.1. The third kappa shape index (κ3) is 26.4. The Morgan fingerprint density at radius 2 is 1.15 bits per heavy atom. The van der Waals surface area contributed by atoms with Crippen LogP contribution in [0, 0.1) is 0 Å². The highest BCUT2D eigenvalue weighted by Gasteiger charge is 2.41. The Kier molecular flexibility index (Phi) is 32.0. The van der Waals surface area contributed by atoms with Gasteiger partial charge in [0.1, 0.15) is 54.4 Å². The van der Waals surface area contributed by atoms with E-state index in [2.05, 4.69) is 72.5 Å². The number of fused-ring (bicyclic) bond motifs is 1. The van der Waals surface area contributed by atoms with Gasteiger partial charge in [-0.05, 0) is 109 Å². The fraction of sp³-hybridized carbons (Fsp3) is 0.569. The van der Waals surface area contributed by atoms with E-state index >= 15 is 0 Å². The molecular formula is C58H93N23O14. The van der Waals surface area contributed by atoms with Crippen LogP contribution in [0.1, 0.15) is 109 Å². The van der Waals surface area contributed by atoms with E-state index in [0.717, 1.165) is 17.8 Å². The van der Waals surface area contributed by atoms with Crippen LogP contribution in [0.3, 0.4) is 0 Å². The number of aliphatic hydroxyl groups excluding tert-OH is 1. The average molecular weight is 1340 g/mol. The lowest BCUT2D eigenvalue weighted by Gasteiger charge is -2.31. The number of imidazole rings is 1. The number of unbranched alkanes of at least 4 members (excludes halogenated alkanes) is 1. The van der Waals surface area contributed by atoms with Crippen LogP contribution in [0.5, 0.6) is 0 Å². The summed E-state index contributed by atoms with van der Waals surface area (Å²) in [7, 11) is 0. The van der Waals surface area contributed by atoms with Crippen LogP contribution in [0.2, 0.25) is 0 Å². The number of amides is 9. The Morgan fingerprint density at radius 1 is 0.611 bits per heavy atom. The first-order chi connectivity index (χ1) is 45.1. The van der Waals surface area contributed by atoms with Crippen molar-refractivity contribution in [2.24, 2.45) is 60.8 Å². The van der Waals surface area contributed by atoms with Crippen LogP contribution >= 0.6 is 0 Å². The number of hydrogen-bond acceptors (Lipinski definition) is 18. The zero-order valence-corrected chi connectivity index (χ0v) is 53.2. The lowest BCUT2D eigenvalue weighted by molar-refractivity contribution is -0.143. The van der Waals surface area contributed by atoms with Gasteiger partial charge in [0.15, 0.2) is 17.9 Å². The van der Waals surface area contributed by atoms with Crippen molar-refractivity contribution in [2.45, 2.75) is 177 Å². The molecule has 37 nitrogen and oxygen atoms in total. The summed E-state index contributed by atoms with van der Waals surface area (Å²) in [4.78, 5) is 174. The summed E-state index contributed by atoms with van der Waals surface area (Å²) >= 11 is 0. The number of carboxylic acid groups (broad SMARTS) is 2. The second kappa shape index (κ2) is 39.4. The van der Waals surface area contributed by atoms with E-state index < -0.39 is 144 Å². The Balaban J connectivity index is 1.52. The number of hydrogen-bond donors (Lipinski definition) is 21. The SMILES string of the molecule is C[C@H](NC(=O)[C@H](CCCCN)NC(=O)[C@@H](NC(=O)[C@H](Cc1cnc[nH]1)NC(=O)[C@H](CCC(=O)O)NC(=O)[C@@H]1CCCN1C(=O)[C@H](CCCN=C(N)N)NC(=O)[C@@H](N)CCCN=C(N)N)[C@@H](C)O)C(=O)N[C@@H](CCCN=C(N)N)C(=O)N[C@@H](Cc1c[nH]c2ccccc12)C(=O)O. The lowest BCUT2D eigenvalue weighted by atomic mass is 10.0. The molecule has 0 aliphatic carbocycles. The molecule has 29 N–H and O–H groups in total. The predicted molar refractivity (Wildman–Crippen MR) is 347 cm³/mol. The lowest BCUT2D eigenvalue weighted by Crippen LogP contribution is -2.62. The van der Waals surface area contributed by atoms with Crippen molar-refractivity contribution in [3.8, 4) is 0 Å². The number of benzene rings is 1. The van der Waals surface area contributed by atoms with Crippen LogP contribution < -0.4 is 88.4 Å². The average Bonchev–Trinajstić information content (AvgIpc) is 1.87. The van der Waals surface area contributed by atoms with Gasteiger partial charge in [0.2, 0.25) is 53.2 Å². The smallest absolute Gasteiger partial charge is 0.326 e. The van der Waals surface area contributed by atoms with Gasteiger partial charge in [-0.3, -0.25) is 62.9 Å². The van der Waals surface area contributed by atoms with Crippen molar-refractivity contribution in [2.75, 3.05) is 32.7 Å². The number of carboxylic acids is 2. The Morgan fingerprint density at radius 3 is 1.73 bits per heavy atom. The molecule has 0 radical (unpaired) electrons. The fourth-order valence-electron chi connectivity index (χ4n) is 10.2. The maximum absolute atomic E-state index is 14.4. The van der Waals surface area contributed by atoms with Crippen molar-refractivity contribution < 1.29 is 68.1 Å². The largest absolute Gasteiger partial charge is 0.481 e. The Bertz CT molecular complexity index is 3160. The number of nitrogens with two attached hydrogens (primary N) is 8. The van der Waals surface area contributed by atoms with Crippen molar-refractivity contribution in [3.63, 3.8) is 0 Å². The third-order valence-electron chi connectivity index (χ3n) is 15.3. The number of H-pyrrole nitrogens is 2. The first kappa shape index (κ1) is 77.3. The summed E-state index contributed by atoms with van der Waals surface area (Å²) in [6.07, 6.45) is 2.47. The van der Waals surface area contributed by atoms with Crippen molar-refractivity contribution in [1.82, 2.24) is 62.4 Å². The van der Waals surface area contributed by atoms with Crippen LogP contribution in [0.4, 0.5) is 0 Å². The molecule has 1 aliphatic heterocycles. The normalized spacial score (nSPS) is 15.8. The summed E-state index contributed by atoms with van der Waals surface area (Å²) in [6, 6.07) is -7.25. The maximum atomic E-state index is 14.4. The highest BCUT2D eigenvalue weighted by molar-refractivity contribution is 5.99.